The zero-order chi connectivity index (χ0) is 15.6. The van der Waals surface area contributed by atoms with E-state index in [-0.39, 0.29) is 12.5 Å². The fourth-order valence-electron chi connectivity index (χ4n) is 2.56. The number of piperazine rings is 1. The quantitative estimate of drug-likeness (QED) is 0.801. The van der Waals surface area contributed by atoms with E-state index in [4.69, 9.17) is 5.11 Å². The van der Waals surface area contributed by atoms with E-state index in [1.54, 1.807) is 0 Å². The number of carbonyl (C=O) groups is 1. The van der Waals surface area contributed by atoms with Crippen LogP contribution in [0.4, 0.5) is 0 Å². The lowest BCUT2D eigenvalue weighted by Crippen LogP contribution is -2.56. The summed E-state index contributed by atoms with van der Waals surface area (Å²) in [6.07, 6.45) is 0. The van der Waals surface area contributed by atoms with Crippen molar-refractivity contribution in [3.63, 3.8) is 0 Å². The third kappa shape index (κ3) is 3.46. The third-order valence-electron chi connectivity index (χ3n) is 4.06. The minimum Gasteiger partial charge on any atom is -0.384 e. The molecule has 1 aromatic heterocycles. The molecule has 0 radical (unpaired) electrons. The number of thiophene rings is 1. The molecule has 1 aliphatic rings. The van der Waals surface area contributed by atoms with E-state index >= 15 is 0 Å². The maximum atomic E-state index is 12.7. The van der Waals surface area contributed by atoms with Gasteiger partial charge in [-0.25, -0.2) is 0 Å². The zero-order valence-corrected chi connectivity index (χ0v) is 13.8. The molecule has 1 saturated heterocycles. The second kappa shape index (κ2) is 6.61. The molecule has 5 heteroatoms. The number of nitrogens with zero attached hydrogens (tertiary/aromatic N) is 2. The summed E-state index contributed by atoms with van der Waals surface area (Å²) < 4.78 is 0. The first-order valence-electron chi connectivity index (χ1n) is 7.15. The Labute approximate surface area is 130 Å². The van der Waals surface area contributed by atoms with E-state index < -0.39 is 0 Å². The first-order valence-corrected chi connectivity index (χ1v) is 7.97. The topological polar surface area (TPSA) is 43.8 Å². The van der Waals surface area contributed by atoms with Gasteiger partial charge in [0.25, 0.3) is 5.91 Å². The molecule has 1 amide bonds. The molecular formula is C16H22N2O2S. The molecule has 21 heavy (non-hydrogen) atoms. The summed E-state index contributed by atoms with van der Waals surface area (Å²) in [5, 5.41) is 8.77. The summed E-state index contributed by atoms with van der Waals surface area (Å²) in [7, 11) is 2.11. The number of aryl methyl sites for hydroxylation is 1. The van der Waals surface area contributed by atoms with E-state index in [9.17, 15) is 4.79 Å². The lowest BCUT2D eigenvalue weighted by Gasteiger charge is -2.42. The van der Waals surface area contributed by atoms with Crippen LogP contribution in [0.15, 0.2) is 6.07 Å². The highest BCUT2D eigenvalue weighted by Crippen LogP contribution is 2.24. The standard InChI is InChI=1S/C16H22N2O2S/c1-11-8-15(21-14(11)6-5-7-19)16(20)18-9-12(2)17(4)13(3)10-18/h8,12-13,19H,7,9-10H2,1-4H3. The maximum Gasteiger partial charge on any atom is 0.264 e. The van der Waals surface area contributed by atoms with Gasteiger partial charge in [0.05, 0.1) is 9.75 Å². The van der Waals surface area contributed by atoms with Crippen molar-refractivity contribution in [2.24, 2.45) is 0 Å². The Kier molecular flexibility index (Phi) is 5.04. The minimum atomic E-state index is -0.159. The third-order valence-corrected chi connectivity index (χ3v) is 5.20. The summed E-state index contributed by atoms with van der Waals surface area (Å²) in [6.45, 7) is 7.60. The van der Waals surface area contributed by atoms with Crippen LogP contribution in [-0.2, 0) is 0 Å². The van der Waals surface area contributed by atoms with Gasteiger partial charge in [0.2, 0.25) is 0 Å². The highest BCUT2D eigenvalue weighted by Gasteiger charge is 2.30. The fraction of sp³-hybridized carbons (Fsp3) is 0.562. The van der Waals surface area contributed by atoms with Gasteiger partial charge in [-0.3, -0.25) is 9.69 Å². The van der Waals surface area contributed by atoms with E-state index in [1.165, 1.54) is 11.3 Å². The van der Waals surface area contributed by atoms with Gasteiger partial charge in [-0.1, -0.05) is 11.8 Å². The SMILES string of the molecule is Cc1cc(C(=O)N2CC(C)N(C)C(C)C2)sc1C#CCO. The molecule has 1 aliphatic heterocycles. The van der Waals surface area contributed by atoms with Crippen molar-refractivity contribution in [1.29, 1.82) is 0 Å². The van der Waals surface area contributed by atoms with Crippen LogP contribution in [0.2, 0.25) is 0 Å². The Morgan fingerprint density at radius 2 is 2.05 bits per heavy atom. The summed E-state index contributed by atoms with van der Waals surface area (Å²) in [6, 6.07) is 2.64. The predicted molar refractivity (Wildman–Crippen MR) is 85.6 cm³/mol. The van der Waals surface area contributed by atoms with Crippen LogP contribution in [0.5, 0.6) is 0 Å². The van der Waals surface area contributed by atoms with Gasteiger partial charge in [-0.2, -0.15) is 0 Å². The van der Waals surface area contributed by atoms with Crippen molar-refractivity contribution in [2.75, 3.05) is 26.7 Å². The Hall–Kier alpha value is -1.35. The monoisotopic (exact) mass is 306 g/mol. The molecule has 1 N–H and O–H groups in total. The first kappa shape index (κ1) is 16.0. The van der Waals surface area contributed by atoms with E-state index in [1.807, 2.05) is 17.9 Å². The maximum absolute atomic E-state index is 12.7. The highest BCUT2D eigenvalue weighted by atomic mass is 32.1. The average Bonchev–Trinajstić information content (AvgIpc) is 2.82. The Morgan fingerprint density at radius 3 is 2.62 bits per heavy atom. The lowest BCUT2D eigenvalue weighted by molar-refractivity contribution is 0.0418. The molecule has 0 saturated carbocycles. The van der Waals surface area contributed by atoms with E-state index in [2.05, 4.69) is 37.6 Å². The summed E-state index contributed by atoms with van der Waals surface area (Å²) in [5.74, 6) is 5.64. The second-order valence-electron chi connectivity index (χ2n) is 5.66. The number of carbonyl (C=O) groups excluding carboxylic acids is 1. The van der Waals surface area contributed by atoms with Crippen molar-refractivity contribution >= 4 is 17.2 Å². The fourth-order valence-corrected chi connectivity index (χ4v) is 3.57. The van der Waals surface area contributed by atoms with Crippen molar-refractivity contribution < 1.29 is 9.90 Å². The molecule has 2 heterocycles. The summed E-state index contributed by atoms with van der Waals surface area (Å²) >= 11 is 1.41. The molecular weight excluding hydrogens is 284 g/mol. The van der Waals surface area contributed by atoms with Gasteiger partial charge in [-0.05, 0) is 39.4 Å². The smallest absolute Gasteiger partial charge is 0.264 e. The molecule has 4 nitrogen and oxygen atoms in total. The van der Waals surface area contributed by atoms with Crippen LogP contribution >= 0.6 is 11.3 Å². The second-order valence-corrected chi connectivity index (χ2v) is 6.71. The van der Waals surface area contributed by atoms with Crippen LogP contribution in [0.3, 0.4) is 0 Å². The van der Waals surface area contributed by atoms with Crippen molar-refractivity contribution in [3.05, 3.63) is 21.4 Å². The molecule has 2 unspecified atom stereocenters. The number of likely N-dealkylation sites (N-methyl/N-ethyl adjacent to an activating group) is 1. The van der Waals surface area contributed by atoms with Gasteiger partial charge in [-0.15, -0.1) is 11.3 Å². The minimum absolute atomic E-state index is 0.0898. The molecule has 1 fully saturated rings. The lowest BCUT2D eigenvalue weighted by atomic mass is 10.1. The van der Waals surface area contributed by atoms with Crippen LogP contribution in [0.1, 0.15) is 34.0 Å². The Bertz CT molecular complexity index is 573. The average molecular weight is 306 g/mol. The van der Waals surface area contributed by atoms with E-state index in [0.29, 0.717) is 12.1 Å². The van der Waals surface area contributed by atoms with Crippen LogP contribution in [0, 0.1) is 18.8 Å². The number of hydrogen-bond donors (Lipinski definition) is 1. The number of amides is 1. The van der Waals surface area contributed by atoms with Gasteiger partial charge in [0, 0.05) is 25.2 Å². The summed E-state index contributed by atoms with van der Waals surface area (Å²) in [4.78, 5) is 18.5. The Morgan fingerprint density at radius 1 is 1.43 bits per heavy atom. The molecule has 0 spiro atoms. The predicted octanol–water partition coefficient (Wildman–Crippen LogP) is 1.56. The normalized spacial score (nSPS) is 22.8. The molecule has 2 rings (SSSR count). The molecule has 0 aliphatic carbocycles. The van der Waals surface area contributed by atoms with Crippen molar-refractivity contribution in [1.82, 2.24) is 9.80 Å². The molecule has 0 aromatic carbocycles. The number of hydrogen-bond acceptors (Lipinski definition) is 4. The van der Waals surface area contributed by atoms with Crippen molar-refractivity contribution in [2.45, 2.75) is 32.9 Å². The highest BCUT2D eigenvalue weighted by molar-refractivity contribution is 7.14. The largest absolute Gasteiger partial charge is 0.384 e. The number of rotatable bonds is 1. The van der Waals surface area contributed by atoms with Gasteiger partial charge >= 0.3 is 0 Å². The molecule has 1 aromatic rings. The molecule has 114 valence electrons. The van der Waals surface area contributed by atoms with Gasteiger partial charge in [0.1, 0.15) is 6.61 Å². The summed E-state index contributed by atoms with van der Waals surface area (Å²) in [5.41, 5.74) is 1.000. The molecule has 0 bridgehead atoms. The van der Waals surface area contributed by atoms with Gasteiger partial charge in [0.15, 0.2) is 0 Å². The van der Waals surface area contributed by atoms with Crippen molar-refractivity contribution in [3.8, 4) is 11.8 Å². The van der Waals surface area contributed by atoms with E-state index in [0.717, 1.165) is 28.4 Å². The van der Waals surface area contributed by atoms with Crippen LogP contribution in [-0.4, -0.2) is 59.6 Å². The Balaban J connectivity index is 2.17. The van der Waals surface area contributed by atoms with Gasteiger partial charge < -0.3 is 10.0 Å². The number of aliphatic hydroxyl groups is 1. The number of aliphatic hydroxyl groups excluding tert-OH is 1. The first-order chi connectivity index (χ1) is 9.93. The zero-order valence-electron chi connectivity index (χ0n) is 13.0. The molecule has 2 atom stereocenters. The van der Waals surface area contributed by atoms with Crippen LogP contribution < -0.4 is 0 Å². The van der Waals surface area contributed by atoms with Crippen LogP contribution in [0.25, 0.3) is 0 Å².